The van der Waals surface area contributed by atoms with Gasteiger partial charge in [0, 0.05) is 32.6 Å². The molecule has 2 saturated heterocycles. The number of carbonyl (C=O) groups is 2. The standard InChI is InChI=1S/C25H29FN4O3S/c1-18(34)27-16-21-17-30(25(32)33-21)20-8-9-23(22(26)15-20)28-11-13-29(14-12-28)24(31)10-7-19-5-3-2-4-6-19/h2-6,8-9,15,21H,7,10-14,16-17H2,1H3,(H,27,34)/t21-/m0/s1. The highest BCUT2D eigenvalue weighted by atomic mass is 32.1. The fourth-order valence-electron chi connectivity index (χ4n) is 4.27. The fourth-order valence-corrected chi connectivity index (χ4v) is 4.35. The second kappa shape index (κ2) is 10.8. The summed E-state index contributed by atoms with van der Waals surface area (Å²) in [4.78, 5) is 30.7. The van der Waals surface area contributed by atoms with E-state index in [0.717, 1.165) is 12.0 Å². The Morgan fingerprint density at radius 1 is 1.15 bits per heavy atom. The third-order valence-electron chi connectivity index (χ3n) is 6.14. The Bertz CT molecular complexity index is 1040. The molecule has 7 nitrogen and oxygen atoms in total. The number of halogens is 1. The smallest absolute Gasteiger partial charge is 0.414 e. The summed E-state index contributed by atoms with van der Waals surface area (Å²) in [6.07, 6.45) is 0.348. The molecule has 34 heavy (non-hydrogen) atoms. The van der Waals surface area contributed by atoms with Crippen molar-refractivity contribution in [3.05, 3.63) is 59.9 Å². The molecule has 2 aromatic carbocycles. The zero-order chi connectivity index (χ0) is 24.1. The zero-order valence-corrected chi connectivity index (χ0v) is 20.0. The predicted molar refractivity (Wildman–Crippen MR) is 134 cm³/mol. The van der Waals surface area contributed by atoms with Gasteiger partial charge in [-0.3, -0.25) is 9.69 Å². The van der Waals surface area contributed by atoms with Crippen LogP contribution in [-0.2, 0) is 16.0 Å². The number of hydrogen-bond acceptors (Lipinski definition) is 5. The highest BCUT2D eigenvalue weighted by Gasteiger charge is 2.33. The van der Waals surface area contributed by atoms with Crippen molar-refractivity contribution >= 4 is 40.6 Å². The van der Waals surface area contributed by atoms with Crippen molar-refractivity contribution in [1.82, 2.24) is 10.2 Å². The predicted octanol–water partition coefficient (Wildman–Crippen LogP) is 3.37. The maximum absolute atomic E-state index is 15.0. The lowest BCUT2D eigenvalue weighted by atomic mass is 10.1. The van der Waals surface area contributed by atoms with Gasteiger partial charge in [-0.05, 0) is 37.1 Å². The molecule has 0 spiro atoms. The Balaban J connectivity index is 1.30. The molecule has 2 aromatic rings. The molecule has 9 heteroatoms. The Morgan fingerprint density at radius 3 is 2.56 bits per heavy atom. The van der Waals surface area contributed by atoms with Crippen LogP contribution in [0.2, 0.25) is 0 Å². The lowest BCUT2D eigenvalue weighted by Crippen LogP contribution is -2.49. The van der Waals surface area contributed by atoms with Crippen LogP contribution in [0.15, 0.2) is 48.5 Å². The number of nitrogens with zero attached hydrogens (tertiary/aromatic N) is 3. The Hall–Kier alpha value is -3.20. The lowest BCUT2D eigenvalue weighted by molar-refractivity contribution is -0.131. The summed E-state index contributed by atoms with van der Waals surface area (Å²) < 4.78 is 20.3. The second-order valence-electron chi connectivity index (χ2n) is 8.54. The summed E-state index contributed by atoms with van der Waals surface area (Å²) in [5.41, 5.74) is 2.08. The quantitative estimate of drug-likeness (QED) is 0.608. The molecule has 1 atom stereocenters. The van der Waals surface area contributed by atoms with Gasteiger partial charge in [0.2, 0.25) is 5.91 Å². The summed E-state index contributed by atoms with van der Waals surface area (Å²) >= 11 is 4.99. The molecule has 4 rings (SSSR count). The Labute approximate surface area is 204 Å². The molecular weight excluding hydrogens is 455 g/mol. The molecule has 0 unspecified atom stereocenters. The first kappa shape index (κ1) is 23.9. The molecule has 2 aliphatic rings. The van der Waals surface area contributed by atoms with Crippen LogP contribution >= 0.6 is 12.2 Å². The number of nitrogens with one attached hydrogen (secondary N) is 1. The van der Waals surface area contributed by atoms with Crippen LogP contribution in [0.1, 0.15) is 18.9 Å². The summed E-state index contributed by atoms with van der Waals surface area (Å²) in [5, 5.41) is 2.99. The molecule has 2 amide bonds. The lowest BCUT2D eigenvalue weighted by Gasteiger charge is -2.36. The van der Waals surface area contributed by atoms with E-state index in [4.69, 9.17) is 17.0 Å². The first-order valence-corrected chi connectivity index (χ1v) is 11.9. The van der Waals surface area contributed by atoms with Gasteiger partial charge in [0.25, 0.3) is 0 Å². The second-order valence-corrected chi connectivity index (χ2v) is 9.15. The number of rotatable bonds is 7. The molecule has 0 radical (unpaired) electrons. The van der Waals surface area contributed by atoms with Crippen LogP contribution < -0.4 is 15.1 Å². The van der Waals surface area contributed by atoms with Crippen LogP contribution in [0, 0.1) is 5.82 Å². The van der Waals surface area contributed by atoms with Crippen molar-refractivity contribution in [1.29, 1.82) is 0 Å². The van der Waals surface area contributed by atoms with Gasteiger partial charge in [-0.15, -0.1) is 0 Å². The van der Waals surface area contributed by atoms with Gasteiger partial charge >= 0.3 is 6.09 Å². The third-order valence-corrected chi connectivity index (χ3v) is 6.28. The zero-order valence-electron chi connectivity index (χ0n) is 19.2. The SMILES string of the molecule is CC(=S)NC[C@H]1CN(c2ccc(N3CCN(C(=O)CCc4ccccc4)CC3)c(F)c2)C(=O)O1. The van der Waals surface area contributed by atoms with Gasteiger partial charge in [-0.25, -0.2) is 9.18 Å². The monoisotopic (exact) mass is 484 g/mol. The molecule has 0 aromatic heterocycles. The van der Waals surface area contributed by atoms with E-state index in [-0.39, 0.29) is 12.0 Å². The van der Waals surface area contributed by atoms with E-state index in [9.17, 15) is 14.0 Å². The minimum atomic E-state index is -0.497. The topological polar surface area (TPSA) is 65.1 Å². The first-order chi connectivity index (χ1) is 16.4. The number of thiocarbonyl (C=S) groups is 1. The molecular formula is C25H29FN4O3S. The summed E-state index contributed by atoms with van der Waals surface area (Å²) in [6.45, 7) is 4.75. The first-order valence-electron chi connectivity index (χ1n) is 11.5. The van der Waals surface area contributed by atoms with E-state index >= 15 is 0 Å². The largest absolute Gasteiger partial charge is 0.442 e. The van der Waals surface area contributed by atoms with Crippen LogP contribution in [0.4, 0.5) is 20.6 Å². The minimum Gasteiger partial charge on any atom is -0.442 e. The van der Waals surface area contributed by atoms with E-state index < -0.39 is 11.9 Å². The molecule has 0 aliphatic carbocycles. The number of ether oxygens (including phenoxy) is 1. The van der Waals surface area contributed by atoms with Crippen LogP contribution in [-0.4, -0.2) is 67.3 Å². The molecule has 0 saturated carbocycles. The van der Waals surface area contributed by atoms with Crippen molar-refractivity contribution in [3.63, 3.8) is 0 Å². The molecule has 0 bridgehead atoms. The summed E-state index contributed by atoms with van der Waals surface area (Å²) in [6, 6.07) is 14.8. The van der Waals surface area contributed by atoms with E-state index in [1.165, 1.54) is 11.0 Å². The minimum absolute atomic E-state index is 0.125. The van der Waals surface area contributed by atoms with Crippen molar-refractivity contribution in [2.45, 2.75) is 25.9 Å². The highest BCUT2D eigenvalue weighted by molar-refractivity contribution is 7.80. The van der Waals surface area contributed by atoms with Crippen molar-refractivity contribution in [2.24, 2.45) is 0 Å². The average Bonchev–Trinajstić information content (AvgIpc) is 3.22. The van der Waals surface area contributed by atoms with Gasteiger partial charge in [0.1, 0.15) is 11.9 Å². The molecule has 2 fully saturated rings. The Kier molecular flexibility index (Phi) is 7.62. The maximum Gasteiger partial charge on any atom is 0.414 e. The van der Waals surface area contributed by atoms with Crippen LogP contribution in [0.25, 0.3) is 0 Å². The van der Waals surface area contributed by atoms with E-state index in [1.54, 1.807) is 19.1 Å². The van der Waals surface area contributed by atoms with E-state index in [2.05, 4.69) is 5.32 Å². The van der Waals surface area contributed by atoms with Gasteiger partial charge < -0.3 is 19.9 Å². The highest BCUT2D eigenvalue weighted by Crippen LogP contribution is 2.28. The van der Waals surface area contributed by atoms with E-state index in [1.807, 2.05) is 40.1 Å². The normalized spacial score (nSPS) is 18.1. The van der Waals surface area contributed by atoms with Crippen molar-refractivity contribution in [2.75, 3.05) is 49.1 Å². The van der Waals surface area contributed by atoms with Crippen molar-refractivity contribution < 1.29 is 18.7 Å². The average molecular weight is 485 g/mol. The molecule has 180 valence electrons. The van der Waals surface area contributed by atoms with Crippen molar-refractivity contribution in [3.8, 4) is 0 Å². The molecule has 1 N–H and O–H groups in total. The summed E-state index contributed by atoms with van der Waals surface area (Å²) in [7, 11) is 0. The Morgan fingerprint density at radius 2 is 1.88 bits per heavy atom. The van der Waals surface area contributed by atoms with Gasteiger partial charge in [0.05, 0.1) is 29.5 Å². The fraction of sp³-hybridized carbons (Fsp3) is 0.400. The van der Waals surface area contributed by atoms with Gasteiger partial charge in [-0.2, -0.15) is 0 Å². The van der Waals surface area contributed by atoms with Gasteiger partial charge in [-0.1, -0.05) is 42.5 Å². The third kappa shape index (κ3) is 5.83. The number of aryl methyl sites for hydroxylation is 1. The number of carbonyl (C=O) groups excluding carboxylic acids is 2. The number of cyclic esters (lactones) is 1. The number of benzene rings is 2. The number of piperazine rings is 1. The van der Waals surface area contributed by atoms with Gasteiger partial charge in [0.15, 0.2) is 0 Å². The summed E-state index contributed by atoms with van der Waals surface area (Å²) in [5.74, 6) is -0.273. The number of anilines is 2. The van der Waals surface area contributed by atoms with Crippen LogP contribution in [0.3, 0.4) is 0 Å². The van der Waals surface area contributed by atoms with Crippen LogP contribution in [0.5, 0.6) is 0 Å². The maximum atomic E-state index is 15.0. The van der Waals surface area contributed by atoms with E-state index in [0.29, 0.717) is 62.1 Å². The molecule has 2 heterocycles. The number of hydrogen-bond donors (Lipinski definition) is 1. The molecule has 2 aliphatic heterocycles. The number of amides is 2.